The molecule has 1 N–H and O–H groups in total. The van der Waals surface area contributed by atoms with E-state index in [9.17, 15) is 4.79 Å². The van der Waals surface area contributed by atoms with E-state index in [1.807, 2.05) is 4.90 Å². The fourth-order valence-corrected chi connectivity index (χ4v) is 4.32. The molecule has 0 bridgehead atoms. The maximum absolute atomic E-state index is 12.4. The lowest BCUT2D eigenvalue weighted by Gasteiger charge is -2.34. The Bertz CT molecular complexity index is 592. The molecule has 1 aromatic carbocycles. The summed E-state index contributed by atoms with van der Waals surface area (Å²) in [6.45, 7) is 5.68. The van der Waals surface area contributed by atoms with Crippen LogP contribution >= 0.6 is 0 Å². The lowest BCUT2D eigenvalue weighted by molar-refractivity contribution is -0.142. The number of amides is 1. The Morgan fingerprint density at radius 2 is 2.00 bits per heavy atom. The molecule has 2 fully saturated rings. The Hall–Kier alpha value is -1.59. The third-order valence-electron chi connectivity index (χ3n) is 5.81. The SMILES string of the molecule is O=C([C@@H]1CCCO1)N1CCC(NCCN2CCc3ccccc32)CC1. The number of ether oxygens (including phenoxy) is 1. The molecule has 0 unspecified atom stereocenters. The number of hydrogen-bond donors (Lipinski definition) is 1. The molecular weight excluding hydrogens is 314 g/mol. The Morgan fingerprint density at radius 1 is 1.16 bits per heavy atom. The van der Waals surface area contributed by atoms with Crippen molar-refractivity contribution in [3.8, 4) is 0 Å². The Morgan fingerprint density at radius 3 is 2.80 bits per heavy atom. The standard InChI is InChI=1S/C20H29N3O2/c24-20(19-6-3-15-25-19)23-12-8-17(9-13-23)21-10-14-22-11-7-16-4-1-2-5-18(16)22/h1-2,4-5,17,19,21H,3,6-15H2/t19-/m0/s1. The highest BCUT2D eigenvalue weighted by atomic mass is 16.5. The number of likely N-dealkylation sites (tertiary alicyclic amines) is 1. The van der Waals surface area contributed by atoms with Crippen LogP contribution in [0.15, 0.2) is 24.3 Å². The van der Waals surface area contributed by atoms with Gasteiger partial charge in [0.05, 0.1) is 0 Å². The number of hydrogen-bond acceptors (Lipinski definition) is 4. The van der Waals surface area contributed by atoms with Gasteiger partial charge in [0.15, 0.2) is 0 Å². The number of anilines is 1. The molecule has 0 radical (unpaired) electrons. The molecule has 1 aromatic rings. The summed E-state index contributed by atoms with van der Waals surface area (Å²) in [6, 6.07) is 9.27. The van der Waals surface area contributed by atoms with Crippen molar-refractivity contribution in [2.75, 3.05) is 44.2 Å². The second-order valence-electron chi connectivity index (χ2n) is 7.42. The molecular formula is C20H29N3O2. The van der Waals surface area contributed by atoms with Crippen molar-refractivity contribution in [1.82, 2.24) is 10.2 Å². The van der Waals surface area contributed by atoms with Gasteiger partial charge in [-0.1, -0.05) is 18.2 Å². The second-order valence-corrected chi connectivity index (χ2v) is 7.42. The molecule has 4 rings (SSSR count). The Balaban J connectivity index is 1.18. The van der Waals surface area contributed by atoms with E-state index in [2.05, 4.69) is 34.5 Å². The lowest BCUT2D eigenvalue weighted by atomic mass is 10.0. The number of carbonyl (C=O) groups excluding carboxylic acids is 1. The Labute approximate surface area is 150 Å². The number of piperidine rings is 1. The first-order valence-corrected chi connectivity index (χ1v) is 9.78. The monoisotopic (exact) mass is 343 g/mol. The van der Waals surface area contributed by atoms with E-state index in [1.54, 1.807) is 0 Å². The van der Waals surface area contributed by atoms with Crippen LogP contribution in [0.5, 0.6) is 0 Å². The highest BCUT2D eigenvalue weighted by molar-refractivity contribution is 5.81. The van der Waals surface area contributed by atoms with Crippen molar-refractivity contribution in [3.05, 3.63) is 29.8 Å². The molecule has 0 aliphatic carbocycles. The van der Waals surface area contributed by atoms with Crippen molar-refractivity contribution in [1.29, 1.82) is 0 Å². The van der Waals surface area contributed by atoms with E-state index >= 15 is 0 Å². The van der Waals surface area contributed by atoms with Gasteiger partial charge in [-0.3, -0.25) is 4.79 Å². The number of nitrogens with zero attached hydrogens (tertiary/aromatic N) is 2. The summed E-state index contributed by atoms with van der Waals surface area (Å²) in [5, 5.41) is 3.70. The summed E-state index contributed by atoms with van der Waals surface area (Å²) in [7, 11) is 0. The van der Waals surface area contributed by atoms with Crippen molar-refractivity contribution >= 4 is 11.6 Å². The first-order chi connectivity index (χ1) is 12.3. The minimum atomic E-state index is -0.167. The smallest absolute Gasteiger partial charge is 0.251 e. The number of para-hydroxylation sites is 1. The molecule has 0 aromatic heterocycles. The quantitative estimate of drug-likeness (QED) is 0.886. The van der Waals surface area contributed by atoms with Crippen LogP contribution in [0.4, 0.5) is 5.69 Å². The normalized spacial score (nSPS) is 23.9. The molecule has 3 aliphatic heterocycles. The maximum Gasteiger partial charge on any atom is 0.251 e. The minimum absolute atomic E-state index is 0.167. The average Bonchev–Trinajstić information content (AvgIpc) is 3.32. The fourth-order valence-electron chi connectivity index (χ4n) is 4.32. The third-order valence-corrected chi connectivity index (χ3v) is 5.81. The molecule has 25 heavy (non-hydrogen) atoms. The van der Waals surface area contributed by atoms with Crippen molar-refractivity contribution < 1.29 is 9.53 Å². The van der Waals surface area contributed by atoms with Crippen LogP contribution in [0.25, 0.3) is 0 Å². The Kier molecular flexibility index (Phi) is 5.22. The van der Waals surface area contributed by atoms with E-state index in [-0.39, 0.29) is 12.0 Å². The topological polar surface area (TPSA) is 44.8 Å². The molecule has 5 heteroatoms. The first kappa shape index (κ1) is 16.9. The summed E-state index contributed by atoms with van der Waals surface area (Å²) in [5.74, 6) is 0.213. The van der Waals surface area contributed by atoms with E-state index < -0.39 is 0 Å². The number of carbonyl (C=O) groups is 1. The largest absolute Gasteiger partial charge is 0.370 e. The zero-order chi connectivity index (χ0) is 17.1. The number of benzene rings is 1. The van der Waals surface area contributed by atoms with Crippen LogP contribution in [0.1, 0.15) is 31.2 Å². The van der Waals surface area contributed by atoms with Gasteiger partial charge >= 0.3 is 0 Å². The number of fused-ring (bicyclic) bond motifs is 1. The van der Waals surface area contributed by atoms with Gasteiger partial charge in [0.2, 0.25) is 0 Å². The molecule has 1 amide bonds. The van der Waals surface area contributed by atoms with Gasteiger partial charge in [0.1, 0.15) is 6.10 Å². The predicted octanol–water partition coefficient (Wildman–Crippen LogP) is 1.81. The van der Waals surface area contributed by atoms with E-state index in [0.29, 0.717) is 6.04 Å². The molecule has 136 valence electrons. The molecule has 0 spiro atoms. The minimum Gasteiger partial charge on any atom is -0.370 e. The molecule has 0 saturated carbocycles. The maximum atomic E-state index is 12.4. The molecule has 1 atom stereocenters. The summed E-state index contributed by atoms with van der Waals surface area (Å²) in [4.78, 5) is 16.9. The average molecular weight is 343 g/mol. The van der Waals surface area contributed by atoms with Gasteiger partial charge < -0.3 is 19.9 Å². The van der Waals surface area contributed by atoms with Crippen LogP contribution < -0.4 is 10.2 Å². The zero-order valence-corrected chi connectivity index (χ0v) is 15.0. The predicted molar refractivity (Wildman–Crippen MR) is 98.9 cm³/mol. The summed E-state index contributed by atoms with van der Waals surface area (Å²) in [5.41, 5.74) is 2.88. The van der Waals surface area contributed by atoms with Gasteiger partial charge in [-0.2, -0.15) is 0 Å². The van der Waals surface area contributed by atoms with Crippen LogP contribution in [0.3, 0.4) is 0 Å². The van der Waals surface area contributed by atoms with Crippen LogP contribution in [0.2, 0.25) is 0 Å². The van der Waals surface area contributed by atoms with Gasteiger partial charge in [-0.15, -0.1) is 0 Å². The van der Waals surface area contributed by atoms with E-state index in [1.165, 1.54) is 17.7 Å². The van der Waals surface area contributed by atoms with Crippen molar-refractivity contribution in [2.24, 2.45) is 0 Å². The fraction of sp³-hybridized carbons (Fsp3) is 0.650. The highest BCUT2D eigenvalue weighted by Gasteiger charge is 2.30. The lowest BCUT2D eigenvalue weighted by Crippen LogP contribution is -2.48. The molecule has 2 saturated heterocycles. The summed E-state index contributed by atoms with van der Waals surface area (Å²) in [6.07, 6.45) is 5.02. The number of nitrogens with one attached hydrogen (secondary N) is 1. The first-order valence-electron chi connectivity index (χ1n) is 9.78. The van der Waals surface area contributed by atoms with Gasteiger partial charge in [0, 0.05) is 51.1 Å². The second kappa shape index (κ2) is 7.75. The summed E-state index contributed by atoms with van der Waals surface area (Å²) < 4.78 is 5.53. The van der Waals surface area contributed by atoms with Crippen molar-refractivity contribution in [2.45, 2.75) is 44.2 Å². The van der Waals surface area contributed by atoms with Crippen LogP contribution in [-0.4, -0.2) is 62.3 Å². The van der Waals surface area contributed by atoms with E-state index in [0.717, 1.165) is 65.0 Å². The molecule has 5 nitrogen and oxygen atoms in total. The zero-order valence-electron chi connectivity index (χ0n) is 15.0. The van der Waals surface area contributed by atoms with Crippen molar-refractivity contribution in [3.63, 3.8) is 0 Å². The van der Waals surface area contributed by atoms with Gasteiger partial charge in [0.25, 0.3) is 5.91 Å². The van der Waals surface area contributed by atoms with Crippen LogP contribution in [-0.2, 0) is 16.0 Å². The molecule has 3 aliphatic rings. The van der Waals surface area contributed by atoms with Crippen LogP contribution in [0, 0.1) is 0 Å². The third kappa shape index (κ3) is 3.82. The summed E-state index contributed by atoms with van der Waals surface area (Å²) >= 11 is 0. The van der Waals surface area contributed by atoms with E-state index in [4.69, 9.17) is 4.74 Å². The highest BCUT2D eigenvalue weighted by Crippen LogP contribution is 2.26. The molecule has 3 heterocycles. The van der Waals surface area contributed by atoms with Gasteiger partial charge in [-0.05, 0) is 43.7 Å². The number of rotatable bonds is 5. The van der Waals surface area contributed by atoms with Gasteiger partial charge in [-0.25, -0.2) is 0 Å².